The van der Waals surface area contributed by atoms with Gasteiger partial charge in [0.1, 0.15) is 0 Å². The zero-order chi connectivity index (χ0) is 25.9. The average molecular weight is 539 g/mol. The number of carbonyl (C=O) groups excluding carboxylic acids is 2. The molecule has 4 atom stereocenters. The van der Waals surface area contributed by atoms with Gasteiger partial charge in [0.15, 0.2) is 0 Å². The molecule has 2 aliphatic rings. The van der Waals surface area contributed by atoms with Crippen molar-refractivity contribution in [2.24, 2.45) is 0 Å². The Bertz CT molecular complexity index is 1290. The predicted octanol–water partition coefficient (Wildman–Crippen LogP) is 5.83. The first-order chi connectivity index (χ1) is 18.0. The molecule has 1 saturated carbocycles. The van der Waals surface area contributed by atoms with E-state index in [0.717, 1.165) is 18.4 Å². The lowest BCUT2D eigenvalue weighted by Crippen LogP contribution is -2.55. The summed E-state index contributed by atoms with van der Waals surface area (Å²) in [6.07, 6.45) is 2.30. The van der Waals surface area contributed by atoms with Gasteiger partial charge in [-0.05, 0) is 47.7 Å². The van der Waals surface area contributed by atoms with Gasteiger partial charge in [-0.3, -0.25) is 14.4 Å². The molecule has 2 N–H and O–H groups in total. The number of aliphatic hydroxyl groups is 1. The number of hydroxylamine groups is 1. The van der Waals surface area contributed by atoms with Crippen LogP contribution in [0.25, 0.3) is 0 Å². The Labute approximate surface area is 226 Å². The van der Waals surface area contributed by atoms with Gasteiger partial charge in [-0.25, -0.2) is 5.48 Å². The maximum atomic E-state index is 14.0. The standard InChI is InChI=1S/C29H28Cl2N2O4/c30-19-14-15-22(23(31)16-19)27-26(28(35)32-37-17-18-8-2-1-3-9-18)20-10-4-5-11-21(20)29(36)33(27)24-12-6-7-13-25(24)34/h1-5,8-11,14-16,24-27,34H,6-7,12-13,17H2,(H,32,35)/t24-,25-,26+,27-/m0/s1. The first-order valence-electron chi connectivity index (χ1n) is 12.5. The van der Waals surface area contributed by atoms with E-state index in [0.29, 0.717) is 39.6 Å². The second-order valence-electron chi connectivity index (χ2n) is 9.55. The molecule has 0 radical (unpaired) electrons. The highest BCUT2D eigenvalue weighted by Gasteiger charge is 2.49. The van der Waals surface area contributed by atoms with Crippen molar-refractivity contribution in [1.82, 2.24) is 10.4 Å². The van der Waals surface area contributed by atoms with Crippen molar-refractivity contribution in [3.63, 3.8) is 0 Å². The molecule has 0 spiro atoms. The van der Waals surface area contributed by atoms with Crippen LogP contribution in [-0.4, -0.2) is 34.0 Å². The number of carbonyl (C=O) groups is 2. The second-order valence-corrected chi connectivity index (χ2v) is 10.4. The number of benzene rings is 3. The molecule has 1 fully saturated rings. The van der Waals surface area contributed by atoms with E-state index in [1.165, 1.54) is 0 Å². The van der Waals surface area contributed by atoms with Crippen LogP contribution < -0.4 is 5.48 Å². The fourth-order valence-electron chi connectivity index (χ4n) is 5.52. The van der Waals surface area contributed by atoms with Crippen LogP contribution >= 0.6 is 23.2 Å². The summed E-state index contributed by atoms with van der Waals surface area (Å²) in [7, 11) is 0. The monoisotopic (exact) mass is 538 g/mol. The lowest BCUT2D eigenvalue weighted by Gasteiger charge is -2.48. The summed E-state index contributed by atoms with van der Waals surface area (Å²) < 4.78 is 0. The van der Waals surface area contributed by atoms with Crippen LogP contribution in [0, 0.1) is 0 Å². The summed E-state index contributed by atoms with van der Waals surface area (Å²) in [4.78, 5) is 35.1. The summed E-state index contributed by atoms with van der Waals surface area (Å²) in [6, 6.07) is 20.5. The molecule has 6 nitrogen and oxygen atoms in total. The van der Waals surface area contributed by atoms with Crippen LogP contribution in [0.1, 0.15) is 64.7 Å². The minimum absolute atomic E-state index is 0.192. The second kappa shape index (κ2) is 11.2. The van der Waals surface area contributed by atoms with Crippen molar-refractivity contribution in [3.05, 3.63) is 105 Å². The number of amides is 2. The largest absolute Gasteiger partial charge is 0.391 e. The molecule has 0 saturated heterocycles. The van der Waals surface area contributed by atoms with Gasteiger partial charge in [-0.15, -0.1) is 0 Å². The van der Waals surface area contributed by atoms with Crippen molar-refractivity contribution in [1.29, 1.82) is 0 Å². The molecular formula is C29H28Cl2N2O4. The van der Waals surface area contributed by atoms with Gasteiger partial charge < -0.3 is 10.0 Å². The number of fused-ring (bicyclic) bond motifs is 1. The zero-order valence-corrected chi connectivity index (χ0v) is 21.7. The lowest BCUT2D eigenvalue weighted by molar-refractivity contribution is -0.138. The third kappa shape index (κ3) is 5.25. The van der Waals surface area contributed by atoms with E-state index in [4.69, 9.17) is 28.0 Å². The number of hydrogen-bond acceptors (Lipinski definition) is 4. The molecule has 0 unspecified atom stereocenters. The Kier molecular flexibility index (Phi) is 7.81. The fourth-order valence-corrected chi connectivity index (χ4v) is 6.04. The van der Waals surface area contributed by atoms with E-state index in [9.17, 15) is 14.7 Å². The Balaban J connectivity index is 1.57. The van der Waals surface area contributed by atoms with E-state index in [1.54, 1.807) is 41.3 Å². The number of halogens is 2. The molecule has 37 heavy (non-hydrogen) atoms. The minimum Gasteiger partial charge on any atom is -0.391 e. The normalized spacial score (nSPS) is 23.4. The van der Waals surface area contributed by atoms with E-state index >= 15 is 0 Å². The van der Waals surface area contributed by atoms with Crippen LogP contribution in [0.15, 0.2) is 72.8 Å². The molecule has 3 aromatic carbocycles. The van der Waals surface area contributed by atoms with Crippen LogP contribution in [0.2, 0.25) is 10.0 Å². The lowest BCUT2D eigenvalue weighted by atomic mass is 9.77. The van der Waals surface area contributed by atoms with E-state index < -0.39 is 30.0 Å². The number of nitrogens with one attached hydrogen (secondary N) is 1. The highest BCUT2D eigenvalue weighted by atomic mass is 35.5. The first-order valence-corrected chi connectivity index (χ1v) is 13.2. The van der Waals surface area contributed by atoms with Crippen LogP contribution in [0.3, 0.4) is 0 Å². The number of nitrogens with zero attached hydrogens (tertiary/aromatic N) is 1. The van der Waals surface area contributed by atoms with Crippen LogP contribution in [0.5, 0.6) is 0 Å². The Morgan fingerprint density at radius 3 is 2.46 bits per heavy atom. The van der Waals surface area contributed by atoms with Gasteiger partial charge in [0.2, 0.25) is 0 Å². The van der Waals surface area contributed by atoms with Crippen molar-refractivity contribution in [2.75, 3.05) is 0 Å². The number of aliphatic hydroxyl groups excluding tert-OH is 1. The Morgan fingerprint density at radius 1 is 0.973 bits per heavy atom. The molecule has 1 aliphatic heterocycles. The highest BCUT2D eigenvalue weighted by Crippen LogP contribution is 2.47. The maximum absolute atomic E-state index is 14.0. The van der Waals surface area contributed by atoms with Crippen molar-refractivity contribution in [3.8, 4) is 0 Å². The van der Waals surface area contributed by atoms with Crippen molar-refractivity contribution >= 4 is 35.0 Å². The van der Waals surface area contributed by atoms with Crippen LogP contribution in [-0.2, 0) is 16.2 Å². The molecule has 1 heterocycles. The zero-order valence-electron chi connectivity index (χ0n) is 20.1. The quantitative estimate of drug-likeness (QED) is 0.387. The smallest absolute Gasteiger partial charge is 0.255 e. The van der Waals surface area contributed by atoms with Crippen molar-refractivity contribution in [2.45, 2.75) is 56.4 Å². The van der Waals surface area contributed by atoms with Gasteiger partial charge in [0.25, 0.3) is 11.8 Å². The fraction of sp³-hybridized carbons (Fsp3) is 0.310. The van der Waals surface area contributed by atoms with Crippen molar-refractivity contribution < 1.29 is 19.5 Å². The highest BCUT2D eigenvalue weighted by molar-refractivity contribution is 6.35. The predicted molar refractivity (Wildman–Crippen MR) is 142 cm³/mol. The molecule has 5 rings (SSSR count). The average Bonchev–Trinajstić information content (AvgIpc) is 2.90. The number of hydrogen-bond donors (Lipinski definition) is 2. The third-order valence-corrected chi connectivity index (χ3v) is 7.81. The van der Waals surface area contributed by atoms with Crippen LogP contribution in [0.4, 0.5) is 0 Å². The van der Waals surface area contributed by atoms with E-state index in [1.807, 2.05) is 36.4 Å². The van der Waals surface area contributed by atoms with E-state index in [-0.39, 0.29) is 12.5 Å². The van der Waals surface area contributed by atoms with Gasteiger partial charge in [0.05, 0.1) is 30.7 Å². The molecule has 0 aromatic heterocycles. The molecule has 0 bridgehead atoms. The topological polar surface area (TPSA) is 78.9 Å². The van der Waals surface area contributed by atoms with Gasteiger partial charge in [0, 0.05) is 15.6 Å². The Morgan fingerprint density at radius 2 is 1.70 bits per heavy atom. The van der Waals surface area contributed by atoms with Gasteiger partial charge >= 0.3 is 0 Å². The summed E-state index contributed by atoms with van der Waals surface area (Å²) in [6.45, 7) is 0.192. The molecule has 1 aliphatic carbocycles. The molecule has 2 amide bonds. The SMILES string of the molecule is O=C(NOCc1ccccc1)[C@@H]1c2ccccc2C(=O)N([C@H]2CCCC[C@@H]2O)[C@H]1c1ccc(Cl)cc1Cl. The summed E-state index contributed by atoms with van der Waals surface area (Å²) in [5, 5.41) is 11.8. The summed E-state index contributed by atoms with van der Waals surface area (Å²) >= 11 is 12.9. The summed E-state index contributed by atoms with van der Waals surface area (Å²) in [5.74, 6) is -1.45. The van der Waals surface area contributed by atoms with E-state index in [2.05, 4.69) is 5.48 Å². The third-order valence-electron chi connectivity index (χ3n) is 7.25. The molecule has 8 heteroatoms. The molecular weight excluding hydrogens is 511 g/mol. The molecule has 3 aromatic rings. The Hall–Kier alpha value is -2.90. The summed E-state index contributed by atoms with van der Waals surface area (Å²) in [5.41, 5.74) is 5.14. The minimum atomic E-state index is -0.822. The number of rotatable bonds is 6. The maximum Gasteiger partial charge on any atom is 0.255 e. The first kappa shape index (κ1) is 25.7. The van der Waals surface area contributed by atoms with Gasteiger partial charge in [-0.1, -0.05) is 90.6 Å². The van der Waals surface area contributed by atoms with Gasteiger partial charge in [-0.2, -0.15) is 0 Å². The molecule has 192 valence electrons.